The van der Waals surface area contributed by atoms with Crippen molar-refractivity contribution in [1.82, 2.24) is 9.78 Å². The maximum atomic E-state index is 12.4. The molecule has 0 spiro atoms. The molecule has 2 aromatic heterocycles. The largest absolute Gasteiger partial charge is 0.316 e. The van der Waals surface area contributed by atoms with Crippen LogP contribution in [0.25, 0.3) is 0 Å². The van der Waals surface area contributed by atoms with Gasteiger partial charge >= 0.3 is 0 Å². The van der Waals surface area contributed by atoms with Crippen LogP contribution in [0.5, 0.6) is 0 Å². The van der Waals surface area contributed by atoms with Crippen LogP contribution in [0.2, 0.25) is 0 Å². The van der Waals surface area contributed by atoms with Gasteiger partial charge in [0.1, 0.15) is 11.1 Å². The molecular formula is C16H17BrN4OS. The molecule has 1 N–H and O–H groups in total. The number of aryl methyl sites for hydroxylation is 1. The van der Waals surface area contributed by atoms with Gasteiger partial charge < -0.3 is 5.32 Å². The first-order valence-corrected chi connectivity index (χ1v) is 9.23. The number of nitrogens with one attached hydrogen (secondary N) is 1. The van der Waals surface area contributed by atoms with E-state index in [1.54, 1.807) is 22.2 Å². The highest BCUT2D eigenvalue weighted by Gasteiger charge is 2.23. The number of nitriles is 1. The molecule has 7 heteroatoms. The lowest BCUT2D eigenvalue weighted by molar-refractivity contribution is -0.119. The molecule has 0 fully saturated rings. The normalized spacial score (nSPS) is 14.8. The Morgan fingerprint density at radius 2 is 2.35 bits per heavy atom. The quantitative estimate of drug-likeness (QED) is 0.861. The summed E-state index contributed by atoms with van der Waals surface area (Å²) in [5.74, 6) is -0.306. The van der Waals surface area contributed by atoms with Gasteiger partial charge in [-0.15, -0.1) is 11.3 Å². The summed E-state index contributed by atoms with van der Waals surface area (Å²) < 4.78 is 2.63. The van der Waals surface area contributed by atoms with Crippen molar-refractivity contribution in [2.24, 2.45) is 5.92 Å². The van der Waals surface area contributed by atoms with E-state index in [1.807, 2.05) is 13.1 Å². The number of carbonyl (C=O) groups excluding carboxylic acids is 1. The summed E-state index contributed by atoms with van der Waals surface area (Å²) >= 11 is 4.90. The summed E-state index contributed by atoms with van der Waals surface area (Å²) in [4.78, 5) is 13.7. The topological polar surface area (TPSA) is 70.7 Å². The number of amides is 1. The first kappa shape index (κ1) is 16.2. The molecule has 0 saturated heterocycles. The molecule has 2 heterocycles. The molecule has 0 unspecified atom stereocenters. The van der Waals surface area contributed by atoms with E-state index < -0.39 is 0 Å². The first-order valence-electron chi connectivity index (χ1n) is 7.62. The van der Waals surface area contributed by atoms with Crippen LogP contribution < -0.4 is 5.32 Å². The van der Waals surface area contributed by atoms with Crippen molar-refractivity contribution in [3.63, 3.8) is 0 Å². The maximum absolute atomic E-state index is 12.4. The Morgan fingerprint density at radius 3 is 3.04 bits per heavy atom. The number of anilines is 1. The van der Waals surface area contributed by atoms with Crippen LogP contribution in [0.3, 0.4) is 0 Å². The molecule has 0 aliphatic heterocycles. The Kier molecular flexibility index (Phi) is 4.83. The summed E-state index contributed by atoms with van der Waals surface area (Å²) in [5, 5.41) is 17.3. The van der Waals surface area contributed by atoms with Crippen molar-refractivity contribution in [2.75, 3.05) is 5.32 Å². The lowest BCUT2D eigenvalue weighted by atomic mass is 9.96. The third-order valence-electron chi connectivity index (χ3n) is 4.03. The van der Waals surface area contributed by atoms with Gasteiger partial charge in [0.2, 0.25) is 5.91 Å². The average Bonchev–Trinajstić information content (AvgIpc) is 3.09. The fraction of sp³-hybridized carbons (Fsp3) is 0.438. The summed E-state index contributed by atoms with van der Waals surface area (Å²) in [5.41, 5.74) is 1.80. The zero-order valence-electron chi connectivity index (χ0n) is 12.8. The van der Waals surface area contributed by atoms with Crippen LogP contribution in [0.15, 0.2) is 16.9 Å². The molecule has 1 amide bonds. The van der Waals surface area contributed by atoms with Gasteiger partial charge in [0, 0.05) is 11.1 Å². The van der Waals surface area contributed by atoms with Gasteiger partial charge in [0.05, 0.1) is 28.7 Å². The Morgan fingerprint density at radius 1 is 1.57 bits per heavy atom. The monoisotopic (exact) mass is 392 g/mol. The molecular weight excluding hydrogens is 376 g/mol. The highest BCUT2D eigenvalue weighted by atomic mass is 79.9. The highest BCUT2D eigenvalue weighted by molar-refractivity contribution is 9.10. The van der Waals surface area contributed by atoms with E-state index in [0.717, 1.165) is 35.7 Å². The standard InChI is InChI=1S/C16H17BrN4OS/c1-10(8-21-9-11(17)7-19-21)15(22)20-16-13(6-18)12-4-2-3-5-14(12)23-16/h7,9-10H,2-5,8H2,1H3,(H,20,22)/t10-/m1/s1. The molecule has 0 radical (unpaired) electrons. The van der Waals surface area contributed by atoms with Crippen molar-refractivity contribution in [3.8, 4) is 6.07 Å². The minimum absolute atomic E-state index is 0.0771. The molecule has 1 aliphatic carbocycles. The van der Waals surface area contributed by atoms with E-state index in [-0.39, 0.29) is 11.8 Å². The summed E-state index contributed by atoms with van der Waals surface area (Å²) in [6.45, 7) is 2.37. The van der Waals surface area contributed by atoms with Gasteiger partial charge in [-0.1, -0.05) is 6.92 Å². The number of rotatable bonds is 4. The molecule has 1 aliphatic rings. The summed E-state index contributed by atoms with van der Waals surface area (Å²) in [7, 11) is 0. The second-order valence-corrected chi connectivity index (χ2v) is 7.82. The SMILES string of the molecule is C[C@H](Cn1cc(Br)cn1)C(=O)Nc1sc2c(c1C#N)CCCC2. The lowest BCUT2D eigenvalue weighted by Crippen LogP contribution is -2.24. The Labute approximate surface area is 147 Å². The van der Waals surface area contributed by atoms with E-state index in [9.17, 15) is 10.1 Å². The number of fused-ring (bicyclic) bond motifs is 1. The van der Waals surface area contributed by atoms with E-state index in [4.69, 9.17) is 0 Å². The summed E-state index contributed by atoms with van der Waals surface area (Å²) in [6, 6.07) is 2.27. The zero-order chi connectivity index (χ0) is 16.4. The number of hydrogen-bond donors (Lipinski definition) is 1. The fourth-order valence-corrected chi connectivity index (χ4v) is 4.38. The third kappa shape index (κ3) is 3.48. The first-order chi connectivity index (χ1) is 11.1. The number of halogens is 1. The van der Waals surface area contributed by atoms with E-state index in [2.05, 4.69) is 32.4 Å². The van der Waals surface area contributed by atoms with Crippen LogP contribution in [0.1, 0.15) is 35.8 Å². The van der Waals surface area contributed by atoms with Crippen LogP contribution in [-0.4, -0.2) is 15.7 Å². The minimum Gasteiger partial charge on any atom is -0.316 e. The second kappa shape index (κ2) is 6.85. The molecule has 0 bridgehead atoms. The van der Waals surface area contributed by atoms with E-state index in [0.29, 0.717) is 17.1 Å². The number of thiophene rings is 1. The van der Waals surface area contributed by atoms with E-state index in [1.165, 1.54) is 4.88 Å². The molecule has 3 rings (SSSR count). The molecule has 2 aromatic rings. The average molecular weight is 393 g/mol. The molecule has 120 valence electrons. The highest BCUT2D eigenvalue weighted by Crippen LogP contribution is 2.37. The Balaban J connectivity index is 1.72. The molecule has 0 aromatic carbocycles. The van der Waals surface area contributed by atoms with Crippen LogP contribution in [0.4, 0.5) is 5.00 Å². The van der Waals surface area contributed by atoms with Gasteiger partial charge in [0.15, 0.2) is 0 Å². The predicted molar refractivity (Wildman–Crippen MR) is 93.4 cm³/mol. The number of carbonyl (C=O) groups is 1. The van der Waals surface area contributed by atoms with Crippen molar-refractivity contribution in [1.29, 1.82) is 5.26 Å². The lowest BCUT2D eigenvalue weighted by Gasteiger charge is -2.11. The summed E-state index contributed by atoms with van der Waals surface area (Å²) in [6.07, 6.45) is 7.79. The number of nitrogens with zero attached hydrogens (tertiary/aromatic N) is 3. The molecule has 5 nitrogen and oxygen atoms in total. The molecule has 1 atom stereocenters. The van der Waals surface area contributed by atoms with Crippen LogP contribution >= 0.6 is 27.3 Å². The zero-order valence-corrected chi connectivity index (χ0v) is 15.2. The minimum atomic E-state index is -0.229. The number of aromatic nitrogens is 2. The predicted octanol–water partition coefficient (Wildman–Crippen LogP) is 3.73. The smallest absolute Gasteiger partial charge is 0.229 e. The van der Waals surface area contributed by atoms with Gasteiger partial charge in [-0.3, -0.25) is 9.48 Å². The van der Waals surface area contributed by atoms with Crippen LogP contribution in [-0.2, 0) is 24.2 Å². The van der Waals surface area contributed by atoms with Crippen molar-refractivity contribution < 1.29 is 4.79 Å². The van der Waals surface area contributed by atoms with Gasteiger partial charge in [-0.2, -0.15) is 10.4 Å². The van der Waals surface area contributed by atoms with Gasteiger partial charge in [-0.05, 0) is 47.2 Å². The third-order valence-corrected chi connectivity index (χ3v) is 5.65. The second-order valence-electron chi connectivity index (χ2n) is 5.80. The van der Waals surface area contributed by atoms with E-state index >= 15 is 0 Å². The Hall–Kier alpha value is -1.65. The van der Waals surface area contributed by atoms with Crippen LogP contribution in [0, 0.1) is 17.2 Å². The van der Waals surface area contributed by atoms with Gasteiger partial charge in [0.25, 0.3) is 0 Å². The van der Waals surface area contributed by atoms with Crippen molar-refractivity contribution in [3.05, 3.63) is 32.9 Å². The number of hydrogen-bond acceptors (Lipinski definition) is 4. The van der Waals surface area contributed by atoms with Crippen molar-refractivity contribution >= 4 is 38.2 Å². The molecule has 0 saturated carbocycles. The Bertz CT molecular complexity index is 774. The molecule has 23 heavy (non-hydrogen) atoms. The fourth-order valence-electron chi connectivity index (χ4n) is 2.81. The maximum Gasteiger partial charge on any atom is 0.229 e. The van der Waals surface area contributed by atoms with Gasteiger partial charge in [-0.25, -0.2) is 0 Å². The van der Waals surface area contributed by atoms with Crippen molar-refractivity contribution in [2.45, 2.75) is 39.2 Å².